The maximum absolute atomic E-state index is 15.2. The Kier molecular flexibility index (Phi) is 5.27. The summed E-state index contributed by atoms with van der Waals surface area (Å²) in [4.78, 5) is 10.9. The number of benzene rings is 2. The molecule has 9 heteroatoms. The lowest BCUT2D eigenvalue weighted by atomic mass is 9.95. The summed E-state index contributed by atoms with van der Waals surface area (Å²) in [7, 11) is 0. The van der Waals surface area contributed by atoms with Crippen LogP contribution in [-0.2, 0) is 0 Å². The van der Waals surface area contributed by atoms with Gasteiger partial charge in [-0.15, -0.1) is 0 Å². The molecule has 2 atom stereocenters. The number of aromatic hydroxyl groups is 1. The van der Waals surface area contributed by atoms with Crippen molar-refractivity contribution in [2.45, 2.75) is 31.0 Å². The molecule has 5 nitrogen and oxygen atoms in total. The number of ether oxygens (including phenoxy) is 1. The molecule has 2 aromatic heterocycles. The number of phenols is 1. The quantitative estimate of drug-likeness (QED) is 0.371. The summed E-state index contributed by atoms with van der Waals surface area (Å²) in [5, 5.41) is 11.2. The second-order valence-corrected chi connectivity index (χ2v) is 9.73. The van der Waals surface area contributed by atoms with E-state index in [1.54, 1.807) is 6.07 Å². The molecular formula is C26H21ClF3N3O2. The van der Waals surface area contributed by atoms with Crippen LogP contribution in [0.15, 0.2) is 42.5 Å². The molecule has 1 N–H and O–H groups in total. The van der Waals surface area contributed by atoms with E-state index in [1.165, 1.54) is 36.4 Å². The fraction of sp³-hybridized carbons (Fsp3) is 0.308. The number of aromatic nitrogens is 2. The first-order valence-electron chi connectivity index (χ1n) is 11.4. The van der Waals surface area contributed by atoms with Crippen molar-refractivity contribution >= 4 is 33.4 Å². The molecule has 0 bridgehead atoms. The second kappa shape index (κ2) is 8.24. The summed E-state index contributed by atoms with van der Waals surface area (Å²) < 4.78 is 49.9. The zero-order valence-electron chi connectivity index (χ0n) is 18.6. The van der Waals surface area contributed by atoms with Crippen LogP contribution in [0, 0.1) is 11.6 Å². The lowest BCUT2D eigenvalue weighted by Gasteiger charge is -2.31. The van der Waals surface area contributed by atoms with Crippen molar-refractivity contribution in [3.8, 4) is 22.9 Å². The van der Waals surface area contributed by atoms with Crippen LogP contribution in [-0.4, -0.2) is 51.4 Å². The molecular weight excluding hydrogens is 479 g/mol. The van der Waals surface area contributed by atoms with E-state index in [4.69, 9.17) is 16.3 Å². The van der Waals surface area contributed by atoms with Gasteiger partial charge in [-0.25, -0.2) is 18.2 Å². The monoisotopic (exact) mass is 499 g/mol. The molecule has 2 aromatic carbocycles. The highest BCUT2D eigenvalue weighted by Crippen LogP contribution is 2.41. The van der Waals surface area contributed by atoms with Gasteiger partial charge >= 0.3 is 0 Å². The molecule has 2 aliphatic heterocycles. The summed E-state index contributed by atoms with van der Waals surface area (Å²) in [6.45, 7) is 1.51. The number of halogens is 4. The van der Waals surface area contributed by atoms with Crippen molar-refractivity contribution in [3.05, 3.63) is 59.1 Å². The van der Waals surface area contributed by atoms with E-state index in [1.807, 2.05) is 0 Å². The van der Waals surface area contributed by atoms with Crippen molar-refractivity contribution in [2.24, 2.45) is 0 Å². The van der Waals surface area contributed by atoms with Gasteiger partial charge in [0.15, 0.2) is 5.65 Å². The van der Waals surface area contributed by atoms with E-state index >= 15 is 4.39 Å². The molecule has 4 aromatic rings. The van der Waals surface area contributed by atoms with Gasteiger partial charge in [0.25, 0.3) is 0 Å². The summed E-state index contributed by atoms with van der Waals surface area (Å²) in [5.41, 5.74) is -0.308. The van der Waals surface area contributed by atoms with Crippen LogP contribution < -0.4 is 4.74 Å². The number of rotatable bonds is 4. The first kappa shape index (κ1) is 22.4. The topological polar surface area (TPSA) is 58.5 Å². The SMILES string of the molecule is Oc1cc(-c2nc3nc(OC[C@@]45CCCN4C[C@H](F)C5)cc(Cl)c3cc2F)c2c(F)cccc2c1. The molecule has 4 heterocycles. The van der Waals surface area contributed by atoms with Crippen LogP contribution in [0.5, 0.6) is 11.6 Å². The maximum Gasteiger partial charge on any atom is 0.216 e. The average molecular weight is 500 g/mol. The van der Waals surface area contributed by atoms with Crippen LogP contribution in [0.3, 0.4) is 0 Å². The first-order valence-corrected chi connectivity index (χ1v) is 11.8. The van der Waals surface area contributed by atoms with Gasteiger partial charge in [0, 0.05) is 35.4 Å². The number of alkyl halides is 1. The van der Waals surface area contributed by atoms with Crippen LogP contribution in [0.2, 0.25) is 5.02 Å². The molecule has 0 amide bonds. The maximum atomic E-state index is 15.2. The largest absolute Gasteiger partial charge is 0.508 e. The minimum atomic E-state index is -0.878. The number of phenolic OH excluding ortho intramolecular Hbond substituents is 1. The average Bonchev–Trinajstić information content (AvgIpc) is 3.33. The number of nitrogens with zero attached hydrogens (tertiary/aromatic N) is 3. The lowest BCUT2D eigenvalue weighted by Crippen LogP contribution is -2.43. The van der Waals surface area contributed by atoms with Gasteiger partial charge in [-0.05, 0) is 49.0 Å². The molecule has 6 rings (SSSR count). The smallest absolute Gasteiger partial charge is 0.216 e. The van der Waals surface area contributed by atoms with E-state index in [-0.39, 0.29) is 56.5 Å². The van der Waals surface area contributed by atoms with Crippen molar-refractivity contribution in [1.29, 1.82) is 0 Å². The Labute approximate surface area is 204 Å². The third kappa shape index (κ3) is 3.76. The standard InChI is InChI=1S/C26H21ClF3N3O2/c27-19-10-22(35-13-26-5-2-6-33(26)12-15(28)11-26)31-25-17(19)9-21(30)24(32-25)18-8-16(34)7-14-3-1-4-20(29)23(14)18/h1,3-4,7-10,15,34H,2,5-6,11-13H2/t15-,26+/m1/s1. The first-order chi connectivity index (χ1) is 16.8. The lowest BCUT2D eigenvalue weighted by molar-refractivity contribution is 0.111. The molecule has 35 heavy (non-hydrogen) atoms. The van der Waals surface area contributed by atoms with Gasteiger partial charge in [-0.1, -0.05) is 23.7 Å². The van der Waals surface area contributed by atoms with Crippen LogP contribution in [0.1, 0.15) is 19.3 Å². The molecule has 0 unspecified atom stereocenters. The van der Waals surface area contributed by atoms with Crippen LogP contribution in [0.4, 0.5) is 13.2 Å². The minimum Gasteiger partial charge on any atom is -0.508 e. The fourth-order valence-corrected chi connectivity index (χ4v) is 5.77. The predicted molar refractivity (Wildman–Crippen MR) is 128 cm³/mol. The highest BCUT2D eigenvalue weighted by atomic mass is 35.5. The van der Waals surface area contributed by atoms with Gasteiger partial charge < -0.3 is 9.84 Å². The van der Waals surface area contributed by atoms with Crippen molar-refractivity contribution in [1.82, 2.24) is 14.9 Å². The molecule has 2 saturated heterocycles. The van der Waals surface area contributed by atoms with E-state index in [2.05, 4.69) is 14.9 Å². The van der Waals surface area contributed by atoms with Crippen LogP contribution >= 0.6 is 11.6 Å². The number of hydrogen-bond donors (Lipinski definition) is 1. The Morgan fingerprint density at radius 3 is 2.86 bits per heavy atom. The Morgan fingerprint density at radius 1 is 1.14 bits per heavy atom. The van der Waals surface area contributed by atoms with Gasteiger partial charge in [0.1, 0.15) is 35.9 Å². The molecule has 180 valence electrons. The van der Waals surface area contributed by atoms with Crippen molar-refractivity contribution in [3.63, 3.8) is 0 Å². The third-order valence-corrected chi connectivity index (χ3v) is 7.41. The fourth-order valence-electron chi connectivity index (χ4n) is 5.54. The normalized spacial score (nSPS) is 22.2. The summed E-state index contributed by atoms with van der Waals surface area (Å²) >= 11 is 6.41. The predicted octanol–water partition coefficient (Wildman–Crippen LogP) is 6.04. The molecule has 2 fully saturated rings. The van der Waals surface area contributed by atoms with Crippen molar-refractivity contribution < 1.29 is 23.0 Å². The highest BCUT2D eigenvalue weighted by molar-refractivity contribution is 6.35. The molecule has 0 aliphatic carbocycles. The third-order valence-electron chi connectivity index (χ3n) is 7.10. The molecule has 0 saturated carbocycles. The van der Waals surface area contributed by atoms with Gasteiger partial charge in [0.2, 0.25) is 5.88 Å². The Hall–Kier alpha value is -3.10. The van der Waals surface area contributed by atoms with E-state index in [9.17, 15) is 13.9 Å². The Balaban J connectivity index is 1.42. The second-order valence-electron chi connectivity index (χ2n) is 9.33. The van der Waals surface area contributed by atoms with Gasteiger partial charge in [0.05, 0.1) is 10.6 Å². The highest BCUT2D eigenvalue weighted by Gasteiger charge is 2.49. The van der Waals surface area contributed by atoms with E-state index in [0.29, 0.717) is 18.4 Å². The van der Waals surface area contributed by atoms with Gasteiger partial charge in [-0.3, -0.25) is 4.90 Å². The number of fused-ring (bicyclic) bond motifs is 3. The molecule has 0 radical (unpaired) electrons. The molecule has 0 spiro atoms. The summed E-state index contributed by atoms with van der Waals surface area (Å²) in [6, 6.07) is 9.75. The van der Waals surface area contributed by atoms with Gasteiger partial charge in [-0.2, -0.15) is 4.98 Å². The zero-order chi connectivity index (χ0) is 24.3. The Bertz CT molecular complexity index is 1480. The zero-order valence-corrected chi connectivity index (χ0v) is 19.3. The van der Waals surface area contributed by atoms with E-state index in [0.717, 1.165) is 19.4 Å². The van der Waals surface area contributed by atoms with Crippen molar-refractivity contribution in [2.75, 3.05) is 19.7 Å². The van der Waals surface area contributed by atoms with Crippen LogP contribution in [0.25, 0.3) is 33.1 Å². The molecule has 2 aliphatic rings. The Morgan fingerprint density at radius 2 is 2.00 bits per heavy atom. The minimum absolute atomic E-state index is 0.0992. The summed E-state index contributed by atoms with van der Waals surface area (Å²) in [6.07, 6.45) is 1.37. The number of pyridine rings is 2. The van der Waals surface area contributed by atoms with E-state index < -0.39 is 17.8 Å². The number of hydrogen-bond acceptors (Lipinski definition) is 5. The summed E-state index contributed by atoms with van der Waals surface area (Å²) in [5.74, 6) is -1.25.